The zero-order chi connectivity index (χ0) is 14.5. The Morgan fingerprint density at radius 1 is 1.19 bits per heavy atom. The molecule has 21 heavy (non-hydrogen) atoms. The summed E-state index contributed by atoms with van der Waals surface area (Å²) in [6.45, 7) is 6.20. The topological polar surface area (TPSA) is 28.2 Å². The summed E-state index contributed by atoms with van der Waals surface area (Å²) in [6.07, 6.45) is 4.20. The van der Waals surface area contributed by atoms with Crippen LogP contribution in [0.25, 0.3) is 0 Å². The zero-order valence-corrected chi connectivity index (χ0v) is 12.7. The van der Waals surface area contributed by atoms with Gasteiger partial charge in [-0.1, -0.05) is 31.2 Å². The van der Waals surface area contributed by atoms with Gasteiger partial charge in [-0.25, -0.2) is 4.98 Å². The molecule has 1 aromatic carbocycles. The average Bonchev–Trinajstić information content (AvgIpc) is 2.55. The van der Waals surface area contributed by atoms with E-state index in [0.717, 1.165) is 38.4 Å². The largest absolute Gasteiger partial charge is 0.352 e. The quantitative estimate of drug-likeness (QED) is 0.853. The molecule has 0 saturated carbocycles. The van der Waals surface area contributed by atoms with Crippen LogP contribution in [0, 0.1) is 0 Å². The Morgan fingerprint density at radius 2 is 2.05 bits per heavy atom. The Hall–Kier alpha value is -1.87. The van der Waals surface area contributed by atoms with Crippen LogP contribution in [0.1, 0.15) is 30.0 Å². The van der Waals surface area contributed by atoms with Gasteiger partial charge in [-0.2, -0.15) is 0 Å². The molecule has 1 aliphatic heterocycles. The van der Waals surface area contributed by atoms with Gasteiger partial charge in [-0.3, -0.25) is 0 Å². The monoisotopic (exact) mass is 281 g/mol. The van der Waals surface area contributed by atoms with Gasteiger partial charge in [0.1, 0.15) is 5.82 Å². The summed E-state index contributed by atoms with van der Waals surface area (Å²) in [5, 5.41) is 3.45. The summed E-state index contributed by atoms with van der Waals surface area (Å²) in [5.74, 6) is 1.10. The minimum atomic E-state index is 0.924. The summed E-state index contributed by atoms with van der Waals surface area (Å²) in [6, 6.07) is 13.0. The number of benzene rings is 1. The van der Waals surface area contributed by atoms with Crippen LogP contribution < -0.4 is 10.2 Å². The highest BCUT2D eigenvalue weighted by Gasteiger charge is 2.16. The van der Waals surface area contributed by atoms with Crippen molar-refractivity contribution in [2.24, 2.45) is 0 Å². The predicted octanol–water partition coefficient (Wildman–Crippen LogP) is 3.14. The number of fused-ring (bicyclic) bond motifs is 1. The highest BCUT2D eigenvalue weighted by atomic mass is 15.2. The number of nitrogens with one attached hydrogen (secondary N) is 1. The second-order valence-corrected chi connectivity index (χ2v) is 5.64. The van der Waals surface area contributed by atoms with Gasteiger partial charge in [-0.15, -0.1) is 0 Å². The second kappa shape index (κ2) is 6.72. The smallest absolute Gasteiger partial charge is 0.129 e. The van der Waals surface area contributed by atoms with Crippen LogP contribution in [-0.2, 0) is 19.5 Å². The van der Waals surface area contributed by atoms with Crippen molar-refractivity contribution in [3.63, 3.8) is 0 Å². The van der Waals surface area contributed by atoms with E-state index in [1.807, 2.05) is 6.20 Å². The lowest BCUT2D eigenvalue weighted by Crippen LogP contribution is -2.31. The van der Waals surface area contributed by atoms with Crippen LogP contribution in [0.15, 0.2) is 42.6 Å². The van der Waals surface area contributed by atoms with Gasteiger partial charge in [0.15, 0.2) is 0 Å². The fourth-order valence-electron chi connectivity index (χ4n) is 2.84. The SMILES string of the molecule is CCCNCc1ccnc(N2CCc3ccccc3C2)c1. The number of aromatic nitrogens is 1. The first-order chi connectivity index (χ1) is 10.4. The van der Waals surface area contributed by atoms with E-state index in [9.17, 15) is 0 Å². The van der Waals surface area contributed by atoms with Crippen molar-refractivity contribution < 1.29 is 0 Å². The first-order valence-corrected chi connectivity index (χ1v) is 7.84. The molecule has 0 amide bonds. The van der Waals surface area contributed by atoms with Gasteiger partial charge in [0.2, 0.25) is 0 Å². The summed E-state index contributed by atoms with van der Waals surface area (Å²) in [4.78, 5) is 6.94. The maximum absolute atomic E-state index is 4.56. The fraction of sp³-hybridized carbons (Fsp3) is 0.389. The van der Waals surface area contributed by atoms with Crippen molar-refractivity contribution in [1.82, 2.24) is 10.3 Å². The molecule has 3 nitrogen and oxygen atoms in total. The number of hydrogen-bond acceptors (Lipinski definition) is 3. The van der Waals surface area contributed by atoms with Gasteiger partial charge in [0.25, 0.3) is 0 Å². The fourth-order valence-corrected chi connectivity index (χ4v) is 2.84. The molecule has 0 spiro atoms. The molecule has 1 N–H and O–H groups in total. The molecular weight excluding hydrogens is 258 g/mol. The molecule has 0 radical (unpaired) electrons. The van der Waals surface area contributed by atoms with E-state index < -0.39 is 0 Å². The van der Waals surface area contributed by atoms with Crippen LogP contribution in [0.5, 0.6) is 0 Å². The lowest BCUT2D eigenvalue weighted by Gasteiger charge is -2.30. The number of rotatable bonds is 5. The second-order valence-electron chi connectivity index (χ2n) is 5.64. The highest BCUT2D eigenvalue weighted by Crippen LogP contribution is 2.23. The van der Waals surface area contributed by atoms with Crippen LogP contribution in [0.3, 0.4) is 0 Å². The molecule has 0 unspecified atom stereocenters. The number of hydrogen-bond donors (Lipinski definition) is 1. The van der Waals surface area contributed by atoms with Gasteiger partial charge in [-0.05, 0) is 48.2 Å². The standard InChI is InChI=1S/C18H23N3/c1-2-9-19-13-15-7-10-20-18(12-15)21-11-8-16-5-3-4-6-17(16)14-21/h3-7,10,12,19H,2,8-9,11,13-14H2,1H3. The molecule has 1 aromatic heterocycles. The molecule has 2 heterocycles. The molecule has 110 valence electrons. The number of anilines is 1. The van der Waals surface area contributed by atoms with Crippen LogP contribution in [-0.4, -0.2) is 18.1 Å². The molecule has 1 aliphatic rings. The normalized spacial score (nSPS) is 14.0. The van der Waals surface area contributed by atoms with Crippen molar-refractivity contribution in [1.29, 1.82) is 0 Å². The van der Waals surface area contributed by atoms with E-state index in [1.165, 1.54) is 23.1 Å². The Kier molecular flexibility index (Phi) is 4.51. The zero-order valence-electron chi connectivity index (χ0n) is 12.7. The van der Waals surface area contributed by atoms with Gasteiger partial charge in [0.05, 0.1) is 0 Å². The highest BCUT2D eigenvalue weighted by molar-refractivity contribution is 5.45. The summed E-state index contributed by atoms with van der Waals surface area (Å²) >= 11 is 0. The molecule has 0 atom stereocenters. The lowest BCUT2D eigenvalue weighted by molar-refractivity contribution is 0.672. The van der Waals surface area contributed by atoms with Crippen molar-refractivity contribution in [2.75, 3.05) is 18.0 Å². The van der Waals surface area contributed by atoms with Gasteiger partial charge < -0.3 is 10.2 Å². The molecule has 0 saturated heterocycles. The molecule has 3 rings (SSSR count). The first-order valence-electron chi connectivity index (χ1n) is 7.84. The summed E-state index contributed by atoms with van der Waals surface area (Å²) < 4.78 is 0. The molecule has 0 bridgehead atoms. The van der Waals surface area contributed by atoms with Gasteiger partial charge >= 0.3 is 0 Å². The van der Waals surface area contributed by atoms with E-state index in [-0.39, 0.29) is 0 Å². The molecule has 0 fully saturated rings. The van der Waals surface area contributed by atoms with E-state index >= 15 is 0 Å². The molecule has 2 aromatic rings. The first kappa shape index (κ1) is 14.1. The minimum Gasteiger partial charge on any atom is -0.352 e. The van der Waals surface area contributed by atoms with Crippen LogP contribution >= 0.6 is 0 Å². The summed E-state index contributed by atoms with van der Waals surface area (Å²) in [5.41, 5.74) is 4.22. The Labute approximate surface area is 127 Å². The third-order valence-corrected chi connectivity index (χ3v) is 4.02. The van der Waals surface area contributed by atoms with E-state index in [2.05, 4.69) is 58.5 Å². The van der Waals surface area contributed by atoms with Crippen LogP contribution in [0.2, 0.25) is 0 Å². The number of pyridine rings is 1. The molecular formula is C18H23N3. The Balaban J connectivity index is 1.71. The van der Waals surface area contributed by atoms with E-state index in [1.54, 1.807) is 0 Å². The maximum Gasteiger partial charge on any atom is 0.129 e. The third-order valence-electron chi connectivity index (χ3n) is 4.02. The Bertz CT molecular complexity index is 595. The lowest BCUT2D eigenvalue weighted by atomic mass is 10.00. The van der Waals surface area contributed by atoms with Crippen molar-refractivity contribution >= 4 is 5.82 Å². The van der Waals surface area contributed by atoms with Gasteiger partial charge in [0, 0.05) is 25.8 Å². The predicted molar refractivity (Wildman–Crippen MR) is 87.4 cm³/mol. The van der Waals surface area contributed by atoms with Crippen molar-refractivity contribution in [3.8, 4) is 0 Å². The maximum atomic E-state index is 4.56. The minimum absolute atomic E-state index is 0.924. The van der Waals surface area contributed by atoms with E-state index in [4.69, 9.17) is 0 Å². The average molecular weight is 281 g/mol. The number of nitrogens with zero attached hydrogens (tertiary/aromatic N) is 2. The molecule has 0 aliphatic carbocycles. The van der Waals surface area contributed by atoms with E-state index in [0.29, 0.717) is 0 Å². The molecule has 3 heteroatoms. The summed E-state index contributed by atoms with van der Waals surface area (Å²) in [7, 11) is 0. The van der Waals surface area contributed by atoms with Crippen molar-refractivity contribution in [2.45, 2.75) is 32.9 Å². The van der Waals surface area contributed by atoms with Crippen LogP contribution in [0.4, 0.5) is 5.82 Å². The third kappa shape index (κ3) is 3.42. The van der Waals surface area contributed by atoms with Crippen molar-refractivity contribution in [3.05, 3.63) is 59.3 Å². The Morgan fingerprint density at radius 3 is 2.90 bits per heavy atom.